The van der Waals surface area contributed by atoms with Crippen LogP contribution in [0.3, 0.4) is 0 Å². The van der Waals surface area contributed by atoms with Crippen LogP contribution in [0.5, 0.6) is 5.75 Å². The summed E-state index contributed by atoms with van der Waals surface area (Å²) in [4.78, 5) is 7.98. The van der Waals surface area contributed by atoms with Crippen LogP contribution in [-0.2, 0) is 29.9 Å². The van der Waals surface area contributed by atoms with Crippen LogP contribution >= 0.6 is 22.9 Å². The molecule has 2 aromatic heterocycles. The number of likely N-dealkylation sites (tertiary alicyclic amines) is 1. The first-order valence-electron chi connectivity index (χ1n) is 9.33. The van der Waals surface area contributed by atoms with Crippen LogP contribution < -0.4 is 4.74 Å². The van der Waals surface area contributed by atoms with Crippen molar-refractivity contribution in [1.82, 2.24) is 9.88 Å². The summed E-state index contributed by atoms with van der Waals surface area (Å²) in [5.41, 5.74) is 3.01. The number of thiophene rings is 1. The largest absolute Gasteiger partial charge is 0.495 e. The molecule has 0 radical (unpaired) electrons. The SMILES string of the molecule is COc1cncc(CN2CCC3(C[C@@H]2C)OCCc2c3sc(Cl)c2CO)c1. The molecule has 1 spiro atoms. The highest BCUT2D eigenvalue weighted by atomic mass is 35.5. The summed E-state index contributed by atoms with van der Waals surface area (Å²) in [6, 6.07) is 2.42. The molecule has 7 heteroatoms. The Bertz CT molecular complexity index is 828. The normalized spacial score (nSPS) is 25.6. The molecule has 4 rings (SSSR count). The first kappa shape index (κ1) is 19.2. The van der Waals surface area contributed by atoms with Crippen molar-refractivity contribution in [2.45, 2.75) is 51.0 Å². The topological polar surface area (TPSA) is 54.8 Å². The number of aliphatic hydroxyl groups excluding tert-OH is 1. The Kier molecular flexibility index (Phi) is 5.45. The summed E-state index contributed by atoms with van der Waals surface area (Å²) in [7, 11) is 1.67. The Morgan fingerprint density at radius 3 is 3.07 bits per heavy atom. The number of fused-ring (bicyclic) bond motifs is 2. The van der Waals surface area contributed by atoms with E-state index in [1.165, 1.54) is 10.4 Å². The number of ether oxygens (including phenoxy) is 2. The molecule has 27 heavy (non-hydrogen) atoms. The average Bonchev–Trinajstić information content (AvgIpc) is 3.01. The van der Waals surface area contributed by atoms with Crippen LogP contribution in [0, 0.1) is 0 Å². The van der Waals surface area contributed by atoms with Crippen molar-refractivity contribution in [2.75, 3.05) is 20.3 Å². The molecule has 2 aliphatic rings. The van der Waals surface area contributed by atoms with E-state index in [-0.39, 0.29) is 12.2 Å². The monoisotopic (exact) mass is 408 g/mol. The van der Waals surface area contributed by atoms with E-state index >= 15 is 0 Å². The van der Waals surface area contributed by atoms with E-state index in [2.05, 4.69) is 16.8 Å². The molecule has 146 valence electrons. The molecular weight excluding hydrogens is 384 g/mol. The smallest absolute Gasteiger partial charge is 0.137 e. The van der Waals surface area contributed by atoms with Gasteiger partial charge in [-0.05, 0) is 43.4 Å². The van der Waals surface area contributed by atoms with Crippen LogP contribution in [0.2, 0.25) is 4.34 Å². The zero-order valence-electron chi connectivity index (χ0n) is 15.7. The third-order valence-electron chi connectivity index (χ3n) is 5.81. The standard InChI is InChI=1S/C20H25ClN2O3S/c1-13-8-20(18-16(3-6-26-20)17(12-24)19(21)27-18)4-5-23(13)11-14-7-15(25-2)10-22-9-14/h7,9-10,13,24H,3-6,8,11-12H2,1-2H3/t13-,20?/m0/s1. The fraction of sp³-hybridized carbons (Fsp3) is 0.550. The molecular formula is C20H25ClN2O3S. The van der Waals surface area contributed by atoms with Gasteiger partial charge in [-0.15, -0.1) is 11.3 Å². The molecule has 2 aliphatic heterocycles. The maximum atomic E-state index is 9.71. The molecule has 1 N–H and O–H groups in total. The molecule has 2 aromatic rings. The third-order valence-corrected chi connectivity index (χ3v) is 7.52. The number of methoxy groups -OCH3 is 1. The zero-order valence-corrected chi connectivity index (χ0v) is 17.3. The number of aromatic nitrogens is 1. The van der Waals surface area contributed by atoms with E-state index in [1.807, 2.05) is 12.3 Å². The zero-order chi connectivity index (χ0) is 19.0. The van der Waals surface area contributed by atoms with Gasteiger partial charge in [-0.3, -0.25) is 9.88 Å². The van der Waals surface area contributed by atoms with E-state index in [0.29, 0.717) is 17.0 Å². The lowest BCUT2D eigenvalue weighted by atomic mass is 9.81. The molecule has 1 fully saturated rings. The van der Waals surface area contributed by atoms with Crippen LogP contribution in [0.4, 0.5) is 0 Å². The molecule has 2 atom stereocenters. The van der Waals surface area contributed by atoms with E-state index in [1.54, 1.807) is 24.6 Å². The van der Waals surface area contributed by atoms with Gasteiger partial charge < -0.3 is 14.6 Å². The third kappa shape index (κ3) is 3.49. The van der Waals surface area contributed by atoms with E-state index in [9.17, 15) is 5.11 Å². The molecule has 0 aromatic carbocycles. The maximum Gasteiger partial charge on any atom is 0.137 e. The summed E-state index contributed by atoms with van der Waals surface area (Å²) >= 11 is 8.01. The minimum absolute atomic E-state index is 0.00522. The van der Waals surface area contributed by atoms with Crippen LogP contribution in [-0.4, -0.2) is 41.3 Å². The Balaban J connectivity index is 1.54. The molecule has 4 heterocycles. The summed E-state index contributed by atoms with van der Waals surface area (Å²) in [5.74, 6) is 0.790. The number of nitrogens with zero attached hydrogens (tertiary/aromatic N) is 2. The number of rotatable bonds is 4. The highest BCUT2D eigenvalue weighted by Crippen LogP contribution is 2.49. The first-order chi connectivity index (χ1) is 13.1. The van der Waals surface area contributed by atoms with E-state index in [4.69, 9.17) is 21.1 Å². The van der Waals surface area contributed by atoms with Gasteiger partial charge in [-0.25, -0.2) is 0 Å². The van der Waals surface area contributed by atoms with Gasteiger partial charge in [0.05, 0.1) is 30.9 Å². The van der Waals surface area contributed by atoms with Crippen molar-refractivity contribution in [3.63, 3.8) is 0 Å². The lowest BCUT2D eigenvalue weighted by Gasteiger charge is -2.47. The lowest BCUT2D eigenvalue weighted by Crippen LogP contribution is -2.50. The number of halogens is 1. The highest BCUT2D eigenvalue weighted by molar-refractivity contribution is 7.16. The summed E-state index contributed by atoms with van der Waals surface area (Å²) in [6.45, 7) is 4.75. The molecule has 0 bridgehead atoms. The van der Waals surface area contributed by atoms with Crippen molar-refractivity contribution in [2.24, 2.45) is 0 Å². The fourth-order valence-electron chi connectivity index (χ4n) is 4.39. The number of hydrogen-bond donors (Lipinski definition) is 1. The van der Waals surface area contributed by atoms with Crippen molar-refractivity contribution in [1.29, 1.82) is 0 Å². The van der Waals surface area contributed by atoms with Gasteiger partial charge in [0, 0.05) is 35.8 Å². The predicted octanol–water partition coefficient (Wildman–Crippen LogP) is 3.75. The predicted molar refractivity (Wildman–Crippen MR) is 106 cm³/mol. The van der Waals surface area contributed by atoms with Crippen LogP contribution in [0.25, 0.3) is 0 Å². The van der Waals surface area contributed by atoms with E-state index in [0.717, 1.165) is 49.2 Å². The average molecular weight is 409 g/mol. The van der Waals surface area contributed by atoms with Crippen molar-refractivity contribution >= 4 is 22.9 Å². The summed E-state index contributed by atoms with van der Waals surface area (Å²) in [6.07, 6.45) is 6.34. The van der Waals surface area contributed by atoms with Gasteiger partial charge in [-0.2, -0.15) is 0 Å². The number of piperidine rings is 1. The number of pyridine rings is 1. The minimum Gasteiger partial charge on any atom is -0.495 e. The number of hydrogen-bond acceptors (Lipinski definition) is 6. The van der Waals surface area contributed by atoms with Gasteiger partial charge in [-0.1, -0.05) is 11.6 Å². The van der Waals surface area contributed by atoms with Gasteiger partial charge in [0.25, 0.3) is 0 Å². The fourth-order valence-corrected chi connectivity index (χ4v) is 6.07. The van der Waals surface area contributed by atoms with Gasteiger partial charge in [0.2, 0.25) is 0 Å². The van der Waals surface area contributed by atoms with Crippen molar-refractivity contribution in [3.8, 4) is 5.75 Å². The molecule has 5 nitrogen and oxygen atoms in total. The highest BCUT2D eigenvalue weighted by Gasteiger charge is 2.45. The summed E-state index contributed by atoms with van der Waals surface area (Å²) in [5, 5.41) is 9.71. The molecule has 0 amide bonds. The Morgan fingerprint density at radius 1 is 1.48 bits per heavy atom. The molecule has 0 saturated carbocycles. The first-order valence-corrected chi connectivity index (χ1v) is 10.5. The second-order valence-corrected chi connectivity index (χ2v) is 9.04. The molecule has 1 saturated heterocycles. The van der Waals surface area contributed by atoms with Crippen LogP contribution in [0.1, 0.15) is 41.3 Å². The minimum atomic E-state index is -0.266. The maximum absolute atomic E-state index is 9.71. The Labute approximate surface area is 168 Å². The summed E-state index contributed by atoms with van der Waals surface area (Å²) < 4.78 is 12.4. The van der Waals surface area contributed by atoms with Crippen LogP contribution in [0.15, 0.2) is 18.5 Å². The number of aliphatic hydroxyl groups is 1. The van der Waals surface area contributed by atoms with Crippen molar-refractivity contribution in [3.05, 3.63) is 44.4 Å². The molecule has 0 aliphatic carbocycles. The quantitative estimate of drug-likeness (QED) is 0.834. The van der Waals surface area contributed by atoms with Gasteiger partial charge in [0.1, 0.15) is 11.4 Å². The van der Waals surface area contributed by atoms with Gasteiger partial charge >= 0.3 is 0 Å². The van der Waals surface area contributed by atoms with E-state index < -0.39 is 0 Å². The lowest BCUT2D eigenvalue weighted by molar-refractivity contribution is -0.110. The second-order valence-electron chi connectivity index (χ2n) is 7.42. The van der Waals surface area contributed by atoms with Gasteiger partial charge in [0.15, 0.2) is 0 Å². The second kappa shape index (κ2) is 7.68. The van der Waals surface area contributed by atoms with Crippen molar-refractivity contribution < 1.29 is 14.6 Å². The molecule has 1 unspecified atom stereocenters. The Hall–Kier alpha value is -1.18. The Morgan fingerprint density at radius 2 is 2.33 bits per heavy atom.